The van der Waals surface area contributed by atoms with E-state index in [0.29, 0.717) is 18.5 Å². The molecule has 0 saturated carbocycles. The third-order valence-corrected chi connectivity index (χ3v) is 6.62. The second-order valence-corrected chi connectivity index (χ2v) is 9.51. The number of para-hydroxylation sites is 1. The lowest BCUT2D eigenvalue weighted by molar-refractivity contribution is 0.0697. The van der Waals surface area contributed by atoms with Crippen molar-refractivity contribution in [1.29, 1.82) is 0 Å². The fraction of sp³-hybridized carbons (Fsp3) is 0.227. The number of carboxylic acids is 1. The Morgan fingerprint density at radius 1 is 1.19 bits per heavy atom. The van der Waals surface area contributed by atoms with Crippen molar-refractivity contribution in [2.24, 2.45) is 10.3 Å². The van der Waals surface area contributed by atoms with Crippen molar-refractivity contribution in [2.45, 2.75) is 31.7 Å². The molecule has 32 heavy (non-hydrogen) atoms. The molecule has 1 aliphatic rings. The molecule has 3 aromatic rings. The third-order valence-electron chi connectivity index (χ3n) is 5.28. The van der Waals surface area contributed by atoms with Gasteiger partial charge in [-0.1, -0.05) is 26.0 Å². The summed E-state index contributed by atoms with van der Waals surface area (Å²) in [7, 11) is -4.11. The van der Waals surface area contributed by atoms with Gasteiger partial charge in [-0.05, 0) is 42.7 Å². The van der Waals surface area contributed by atoms with Gasteiger partial charge in [0.1, 0.15) is 16.2 Å². The number of hydrogen-bond acceptors (Lipinski definition) is 6. The Labute approximate surface area is 183 Å². The topological polar surface area (TPSA) is 138 Å². The molecule has 0 aliphatic carbocycles. The van der Waals surface area contributed by atoms with Gasteiger partial charge >= 0.3 is 5.97 Å². The van der Waals surface area contributed by atoms with Crippen LogP contribution < -0.4 is 10.9 Å². The number of fused-ring (bicyclic) bond motifs is 2. The third kappa shape index (κ3) is 3.62. The van der Waals surface area contributed by atoms with Crippen LogP contribution in [0.2, 0.25) is 0 Å². The van der Waals surface area contributed by atoms with Crippen molar-refractivity contribution in [3.8, 4) is 5.75 Å². The molecule has 0 amide bonds. The zero-order chi connectivity index (χ0) is 23.2. The molecule has 4 rings (SSSR count). The first-order valence-electron chi connectivity index (χ1n) is 9.94. The van der Waals surface area contributed by atoms with Crippen LogP contribution in [0.1, 0.15) is 36.2 Å². The minimum absolute atomic E-state index is 0.0441. The number of sulfonamides is 1. The molecule has 0 spiro atoms. The number of carbonyl (C=O) groups is 1. The summed E-state index contributed by atoms with van der Waals surface area (Å²) in [5.74, 6) is -1.77. The summed E-state index contributed by atoms with van der Waals surface area (Å²) in [6.45, 7) is 4.28. The second-order valence-electron chi connectivity index (χ2n) is 7.94. The van der Waals surface area contributed by atoms with Gasteiger partial charge in [0.25, 0.3) is 15.6 Å². The lowest BCUT2D eigenvalue weighted by Gasteiger charge is -2.21. The van der Waals surface area contributed by atoms with Crippen LogP contribution in [0.15, 0.2) is 56.6 Å². The fourth-order valence-corrected chi connectivity index (χ4v) is 4.74. The molecule has 10 heteroatoms. The largest absolute Gasteiger partial charge is 0.506 e. The van der Waals surface area contributed by atoms with E-state index >= 15 is 0 Å². The highest BCUT2D eigenvalue weighted by molar-refractivity contribution is 7.90. The Morgan fingerprint density at radius 3 is 2.59 bits per heavy atom. The zero-order valence-electron chi connectivity index (χ0n) is 17.4. The summed E-state index contributed by atoms with van der Waals surface area (Å²) in [6.07, 6.45) is 0.640. The highest BCUT2D eigenvalue weighted by atomic mass is 32.2. The molecule has 0 fully saturated rings. The number of pyridine rings is 1. The summed E-state index contributed by atoms with van der Waals surface area (Å²) < 4.78 is 30.5. The average molecular weight is 455 g/mol. The maximum absolute atomic E-state index is 13.4. The Balaban J connectivity index is 2.02. The standard InChI is InChI=1S/C22H21N3O6S/c1-12(2)9-10-25-16-8-7-13(22(28)29)11-14(16)19(26)18(21(25)27)20-23-15-5-3-4-6-17(15)32(30,31)24-20/h3-8,11-12,26H,9-10H2,1-2H3,(H,23,24)(H,28,29). The van der Waals surface area contributed by atoms with Gasteiger partial charge in [-0.15, -0.1) is 4.40 Å². The number of nitrogens with one attached hydrogen (secondary N) is 1. The quantitative estimate of drug-likeness (QED) is 0.537. The number of aromatic hydroxyl groups is 1. The summed E-state index contributed by atoms with van der Waals surface area (Å²) in [6, 6.07) is 10.2. The van der Waals surface area contributed by atoms with Crippen LogP contribution in [0.4, 0.5) is 5.69 Å². The average Bonchev–Trinajstić information content (AvgIpc) is 2.73. The summed E-state index contributed by atoms with van der Waals surface area (Å²) >= 11 is 0. The molecule has 0 atom stereocenters. The van der Waals surface area contributed by atoms with Gasteiger partial charge in [-0.3, -0.25) is 4.79 Å². The Bertz CT molecular complexity index is 1450. The minimum atomic E-state index is -4.11. The molecule has 9 nitrogen and oxygen atoms in total. The van der Waals surface area contributed by atoms with E-state index in [-0.39, 0.29) is 38.8 Å². The van der Waals surface area contributed by atoms with Crippen molar-refractivity contribution in [3.63, 3.8) is 0 Å². The molecule has 0 saturated heterocycles. The molecule has 0 radical (unpaired) electrons. The number of amidine groups is 1. The van der Waals surface area contributed by atoms with Crippen LogP contribution in [0.25, 0.3) is 10.9 Å². The highest BCUT2D eigenvalue weighted by Crippen LogP contribution is 2.32. The van der Waals surface area contributed by atoms with Crippen molar-refractivity contribution in [1.82, 2.24) is 4.57 Å². The Morgan fingerprint density at radius 2 is 1.91 bits per heavy atom. The van der Waals surface area contributed by atoms with E-state index in [1.165, 1.54) is 34.9 Å². The molecule has 3 N–H and O–H groups in total. The maximum Gasteiger partial charge on any atom is 0.335 e. The number of carboxylic acid groups (broad SMARTS) is 1. The molecule has 1 aliphatic heterocycles. The molecule has 0 unspecified atom stereocenters. The van der Waals surface area contributed by atoms with E-state index < -0.39 is 27.3 Å². The second kappa shape index (κ2) is 7.79. The molecule has 166 valence electrons. The van der Waals surface area contributed by atoms with Gasteiger partial charge in [0.05, 0.1) is 16.8 Å². The number of benzene rings is 2. The normalized spacial score (nSPS) is 14.7. The predicted octanol–water partition coefficient (Wildman–Crippen LogP) is 3.01. The molecule has 2 heterocycles. The van der Waals surface area contributed by atoms with Crippen molar-refractivity contribution < 1.29 is 23.4 Å². The zero-order valence-corrected chi connectivity index (χ0v) is 18.2. The smallest absolute Gasteiger partial charge is 0.335 e. The molecular weight excluding hydrogens is 434 g/mol. The van der Waals surface area contributed by atoms with E-state index in [2.05, 4.69) is 9.71 Å². The maximum atomic E-state index is 13.4. The number of hydrogen-bond donors (Lipinski definition) is 3. The van der Waals surface area contributed by atoms with Crippen LogP contribution in [0.5, 0.6) is 5.75 Å². The van der Waals surface area contributed by atoms with E-state index in [0.717, 1.165) is 0 Å². The van der Waals surface area contributed by atoms with Gasteiger partial charge < -0.3 is 20.1 Å². The van der Waals surface area contributed by atoms with Crippen LogP contribution in [-0.4, -0.2) is 35.0 Å². The van der Waals surface area contributed by atoms with Gasteiger partial charge in [0.15, 0.2) is 5.84 Å². The molecule has 2 aromatic carbocycles. The summed E-state index contributed by atoms with van der Waals surface area (Å²) in [5.41, 5.74) is -0.461. The number of aromatic nitrogens is 1. The predicted molar refractivity (Wildman–Crippen MR) is 120 cm³/mol. The van der Waals surface area contributed by atoms with Crippen LogP contribution in [0, 0.1) is 5.92 Å². The number of aromatic carboxylic acids is 1. The van der Waals surface area contributed by atoms with Crippen LogP contribution in [0.3, 0.4) is 0 Å². The van der Waals surface area contributed by atoms with E-state index in [1.807, 2.05) is 13.8 Å². The van der Waals surface area contributed by atoms with E-state index in [4.69, 9.17) is 0 Å². The molecule has 1 aromatic heterocycles. The van der Waals surface area contributed by atoms with Gasteiger partial charge in [-0.25, -0.2) is 4.79 Å². The van der Waals surface area contributed by atoms with Crippen molar-refractivity contribution >= 4 is 38.4 Å². The number of anilines is 1. The SMILES string of the molecule is CC(C)CCn1c(=O)c(C2=NS(=O)(=O)c3ccccc3N2)c(O)c2cc(C(=O)O)ccc21. The van der Waals surface area contributed by atoms with Gasteiger partial charge in [0, 0.05) is 11.9 Å². The van der Waals surface area contributed by atoms with E-state index in [9.17, 15) is 28.2 Å². The number of nitrogens with zero attached hydrogens (tertiary/aromatic N) is 2. The van der Waals surface area contributed by atoms with E-state index in [1.54, 1.807) is 12.1 Å². The lowest BCUT2D eigenvalue weighted by Crippen LogP contribution is -2.33. The fourth-order valence-electron chi connectivity index (χ4n) is 3.62. The van der Waals surface area contributed by atoms with Gasteiger partial charge in [0.2, 0.25) is 0 Å². The van der Waals surface area contributed by atoms with Crippen LogP contribution >= 0.6 is 0 Å². The molecular formula is C22H21N3O6S. The van der Waals surface area contributed by atoms with Gasteiger partial charge in [-0.2, -0.15) is 8.42 Å². The highest BCUT2D eigenvalue weighted by Gasteiger charge is 2.29. The lowest BCUT2D eigenvalue weighted by atomic mass is 10.0. The summed E-state index contributed by atoms with van der Waals surface area (Å²) in [5, 5.41) is 23.3. The molecule has 0 bridgehead atoms. The van der Waals surface area contributed by atoms with Crippen molar-refractivity contribution in [2.75, 3.05) is 5.32 Å². The minimum Gasteiger partial charge on any atom is -0.506 e. The van der Waals surface area contributed by atoms with Crippen LogP contribution in [-0.2, 0) is 16.6 Å². The van der Waals surface area contributed by atoms with Crippen molar-refractivity contribution in [3.05, 3.63) is 63.9 Å². The monoisotopic (exact) mass is 455 g/mol. The summed E-state index contributed by atoms with van der Waals surface area (Å²) in [4.78, 5) is 24.9. The Hall–Kier alpha value is -3.66. The first-order valence-corrected chi connectivity index (χ1v) is 11.4. The first-order chi connectivity index (χ1) is 15.1. The number of rotatable bonds is 5. The first kappa shape index (κ1) is 21.6. The Kier molecular flexibility index (Phi) is 5.25. The number of aryl methyl sites for hydroxylation is 1.